The van der Waals surface area contributed by atoms with Gasteiger partial charge in [-0.3, -0.25) is 9.59 Å². The number of allylic oxidation sites excluding steroid dienone is 1. The van der Waals surface area contributed by atoms with Gasteiger partial charge in [0.15, 0.2) is 0 Å². The SMILES string of the molecule is COC(=O)C12CCC(C)(C)CC1=C1CCC3C4(C)CCC(OC(C)=O)C(C)(C)C4CCC3(C)C1(C)CC2. The van der Waals surface area contributed by atoms with E-state index in [0.717, 1.165) is 51.4 Å². The standard InChI is InChI=1S/C33H52O4/c1-21(34)37-26-13-14-30(6)24(29(26,4)5)12-15-32(8)25(30)11-10-22-23-20-28(2,3)16-18-33(23,27(35)36-9)19-17-31(22,32)7/h24-26H,10-20H2,1-9H3. The first kappa shape index (κ1) is 27.3. The fourth-order valence-corrected chi connectivity index (χ4v) is 11.2. The van der Waals surface area contributed by atoms with Crippen LogP contribution < -0.4 is 0 Å². The van der Waals surface area contributed by atoms with Crippen LogP contribution in [0, 0.1) is 44.3 Å². The van der Waals surface area contributed by atoms with E-state index in [0.29, 0.717) is 11.8 Å². The van der Waals surface area contributed by atoms with Crippen molar-refractivity contribution < 1.29 is 19.1 Å². The minimum atomic E-state index is -0.395. The number of carbonyl (C=O) groups excluding carboxylic acids is 2. The van der Waals surface area contributed by atoms with E-state index in [1.807, 2.05) is 0 Å². The summed E-state index contributed by atoms with van der Waals surface area (Å²) in [5, 5.41) is 0. The molecule has 0 aromatic rings. The van der Waals surface area contributed by atoms with Gasteiger partial charge in [0.05, 0.1) is 12.5 Å². The molecule has 0 amide bonds. The van der Waals surface area contributed by atoms with Gasteiger partial charge in [-0.05, 0) is 104 Å². The lowest BCUT2D eigenvalue weighted by Gasteiger charge is -2.71. The zero-order valence-corrected chi connectivity index (χ0v) is 25.1. The number of hydrogen-bond donors (Lipinski definition) is 0. The fraction of sp³-hybridized carbons (Fsp3) is 0.879. The number of ether oxygens (including phenoxy) is 2. The zero-order chi connectivity index (χ0) is 27.2. The van der Waals surface area contributed by atoms with Gasteiger partial charge in [-0.15, -0.1) is 0 Å². The lowest BCUT2D eigenvalue weighted by Crippen LogP contribution is -2.64. The molecule has 0 radical (unpaired) electrons. The van der Waals surface area contributed by atoms with Crippen LogP contribution in [0.3, 0.4) is 0 Å². The van der Waals surface area contributed by atoms with E-state index in [1.54, 1.807) is 19.6 Å². The van der Waals surface area contributed by atoms with Crippen molar-refractivity contribution in [2.45, 2.75) is 132 Å². The van der Waals surface area contributed by atoms with Crippen molar-refractivity contribution in [3.05, 3.63) is 11.1 Å². The molecule has 4 heteroatoms. The van der Waals surface area contributed by atoms with Crippen LogP contribution in [0.25, 0.3) is 0 Å². The average molecular weight is 513 g/mol. The molecule has 0 N–H and O–H groups in total. The summed E-state index contributed by atoms with van der Waals surface area (Å²) < 4.78 is 11.4. The fourth-order valence-electron chi connectivity index (χ4n) is 11.2. The topological polar surface area (TPSA) is 52.6 Å². The summed E-state index contributed by atoms with van der Waals surface area (Å²) in [6.45, 7) is 18.8. The average Bonchev–Trinajstić information content (AvgIpc) is 2.80. The summed E-state index contributed by atoms with van der Waals surface area (Å²) in [5.41, 5.74) is 3.51. The first-order valence-electron chi connectivity index (χ1n) is 15.1. The number of esters is 2. The molecule has 0 aromatic heterocycles. The Bertz CT molecular complexity index is 1020. The van der Waals surface area contributed by atoms with Gasteiger partial charge in [0.1, 0.15) is 6.10 Å². The molecule has 7 unspecified atom stereocenters. The second kappa shape index (κ2) is 8.34. The van der Waals surface area contributed by atoms with Gasteiger partial charge in [-0.25, -0.2) is 0 Å². The molecular weight excluding hydrogens is 460 g/mol. The molecule has 0 spiro atoms. The largest absolute Gasteiger partial charge is 0.468 e. The van der Waals surface area contributed by atoms with Crippen molar-refractivity contribution in [2.24, 2.45) is 44.3 Å². The summed E-state index contributed by atoms with van der Waals surface area (Å²) in [6, 6.07) is 0. The van der Waals surface area contributed by atoms with Crippen LogP contribution in [0.15, 0.2) is 11.1 Å². The van der Waals surface area contributed by atoms with Crippen molar-refractivity contribution >= 4 is 11.9 Å². The summed E-state index contributed by atoms with van der Waals surface area (Å²) >= 11 is 0. The van der Waals surface area contributed by atoms with E-state index < -0.39 is 5.41 Å². The van der Waals surface area contributed by atoms with Crippen LogP contribution in [-0.4, -0.2) is 25.2 Å². The normalized spacial score (nSPS) is 46.0. The molecule has 0 bridgehead atoms. The third kappa shape index (κ3) is 3.58. The molecule has 4 nitrogen and oxygen atoms in total. The Morgan fingerprint density at radius 2 is 1.46 bits per heavy atom. The van der Waals surface area contributed by atoms with E-state index in [1.165, 1.54) is 24.8 Å². The first-order chi connectivity index (χ1) is 17.1. The van der Waals surface area contributed by atoms with Gasteiger partial charge in [-0.1, -0.05) is 59.6 Å². The molecule has 0 saturated heterocycles. The van der Waals surface area contributed by atoms with E-state index in [4.69, 9.17) is 9.47 Å². The molecular formula is C33H52O4. The zero-order valence-electron chi connectivity index (χ0n) is 25.1. The monoisotopic (exact) mass is 512 g/mol. The van der Waals surface area contributed by atoms with Crippen LogP contribution in [0.4, 0.5) is 0 Å². The van der Waals surface area contributed by atoms with Crippen molar-refractivity contribution in [1.29, 1.82) is 0 Å². The number of rotatable bonds is 2. The molecule has 0 heterocycles. The van der Waals surface area contributed by atoms with Crippen LogP contribution in [0.5, 0.6) is 0 Å². The van der Waals surface area contributed by atoms with E-state index >= 15 is 0 Å². The Balaban J connectivity index is 1.57. The van der Waals surface area contributed by atoms with Crippen molar-refractivity contribution in [3.8, 4) is 0 Å². The predicted molar refractivity (Wildman–Crippen MR) is 147 cm³/mol. The predicted octanol–water partition coefficient (Wildman–Crippen LogP) is 8.04. The van der Waals surface area contributed by atoms with Gasteiger partial charge < -0.3 is 9.47 Å². The number of methoxy groups -OCH3 is 1. The van der Waals surface area contributed by atoms with Gasteiger partial charge in [0, 0.05) is 12.3 Å². The Morgan fingerprint density at radius 3 is 2.11 bits per heavy atom. The van der Waals surface area contributed by atoms with Gasteiger partial charge in [0.2, 0.25) is 0 Å². The van der Waals surface area contributed by atoms with E-state index in [-0.39, 0.29) is 45.1 Å². The highest BCUT2D eigenvalue weighted by Gasteiger charge is 2.68. The molecule has 37 heavy (non-hydrogen) atoms. The summed E-state index contributed by atoms with van der Waals surface area (Å²) in [7, 11) is 1.58. The van der Waals surface area contributed by atoms with E-state index in [9.17, 15) is 9.59 Å². The number of hydrogen-bond acceptors (Lipinski definition) is 4. The number of carbonyl (C=O) groups is 2. The van der Waals surface area contributed by atoms with Gasteiger partial charge in [-0.2, -0.15) is 0 Å². The lowest BCUT2D eigenvalue weighted by atomic mass is 9.34. The molecule has 208 valence electrons. The summed E-state index contributed by atoms with van der Waals surface area (Å²) in [6.07, 6.45) is 12.0. The smallest absolute Gasteiger partial charge is 0.315 e. The first-order valence-corrected chi connectivity index (χ1v) is 15.1. The maximum atomic E-state index is 13.4. The van der Waals surface area contributed by atoms with Crippen LogP contribution in [-0.2, 0) is 19.1 Å². The molecule has 7 atom stereocenters. The van der Waals surface area contributed by atoms with Gasteiger partial charge in [0.25, 0.3) is 0 Å². The molecule has 5 aliphatic carbocycles. The minimum absolute atomic E-state index is 0.0142. The van der Waals surface area contributed by atoms with Crippen LogP contribution in [0.1, 0.15) is 126 Å². The lowest BCUT2D eigenvalue weighted by molar-refractivity contribution is -0.213. The second-order valence-electron chi connectivity index (χ2n) is 15.8. The molecule has 5 rings (SSSR count). The molecule has 4 saturated carbocycles. The quantitative estimate of drug-likeness (QED) is 0.277. The molecule has 5 aliphatic rings. The number of fused-ring (bicyclic) bond motifs is 6. The van der Waals surface area contributed by atoms with Gasteiger partial charge >= 0.3 is 11.9 Å². The Hall–Kier alpha value is -1.32. The Kier molecular flexibility index (Phi) is 6.14. The van der Waals surface area contributed by atoms with Crippen molar-refractivity contribution in [3.63, 3.8) is 0 Å². The highest BCUT2D eigenvalue weighted by Crippen LogP contribution is 2.75. The molecule has 4 fully saturated rings. The Morgan fingerprint density at radius 1 is 0.784 bits per heavy atom. The highest BCUT2D eigenvalue weighted by atomic mass is 16.5. The summed E-state index contributed by atoms with van der Waals surface area (Å²) in [4.78, 5) is 25.3. The summed E-state index contributed by atoms with van der Waals surface area (Å²) in [5.74, 6) is 1.07. The molecule has 0 aliphatic heterocycles. The van der Waals surface area contributed by atoms with E-state index in [2.05, 4.69) is 48.5 Å². The highest BCUT2D eigenvalue weighted by molar-refractivity contribution is 5.82. The maximum absolute atomic E-state index is 13.4. The maximum Gasteiger partial charge on any atom is 0.315 e. The second-order valence-corrected chi connectivity index (χ2v) is 15.8. The van der Waals surface area contributed by atoms with Crippen molar-refractivity contribution in [1.82, 2.24) is 0 Å². The molecule has 0 aromatic carbocycles. The van der Waals surface area contributed by atoms with Crippen LogP contribution in [0.2, 0.25) is 0 Å². The van der Waals surface area contributed by atoms with Crippen LogP contribution >= 0.6 is 0 Å². The third-order valence-corrected chi connectivity index (χ3v) is 13.4. The third-order valence-electron chi connectivity index (χ3n) is 13.4. The van der Waals surface area contributed by atoms with Crippen molar-refractivity contribution in [2.75, 3.05) is 7.11 Å². The minimum Gasteiger partial charge on any atom is -0.468 e. The Labute approximate surface area is 225 Å².